The SMILES string of the molecule is CCC(C)C(N)C(=O)NC(Cc1ccccc1)C(=O)NC(CCCN=C(N)N)C(=O)NCC(=O)O. The van der Waals surface area contributed by atoms with Crippen molar-refractivity contribution in [1.82, 2.24) is 16.0 Å². The minimum Gasteiger partial charge on any atom is -0.480 e. The summed E-state index contributed by atoms with van der Waals surface area (Å²) >= 11 is 0. The Bertz CT molecular complexity index is 874. The molecule has 10 N–H and O–H groups in total. The summed E-state index contributed by atoms with van der Waals surface area (Å²) in [6.45, 7) is 3.37. The summed E-state index contributed by atoms with van der Waals surface area (Å²) < 4.78 is 0. The van der Waals surface area contributed by atoms with Gasteiger partial charge in [0, 0.05) is 13.0 Å². The van der Waals surface area contributed by atoms with Crippen LogP contribution in [0.15, 0.2) is 35.3 Å². The zero-order valence-electron chi connectivity index (χ0n) is 20.2. The number of amides is 3. The van der Waals surface area contributed by atoms with E-state index in [0.717, 1.165) is 5.56 Å². The van der Waals surface area contributed by atoms with Gasteiger partial charge in [0.25, 0.3) is 0 Å². The first-order valence-corrected chi connectivity index (χ1v) is 11.5. The average Bonchev–Trinajstić information content (AvgIpc) is 2.83. The van der Waals surface area contributed by atoms with E-state index in [0.29, 0.717) is 12.8 Å². The molecule has 0 saturated heterocycles. The minimum atomic E-state index is -1.22. The Kier molecular flexibility index (Phi) is 12.8. The lowest BCUT2D eigenvalue weighted by Crippen LogP contribution is -2.57. The molecule has 1 aromatic rings. The van der Waals surface area contributed by atoms with Crippen LogP contribution in [0, 0.1) is 5.92 Å². The molecule has 0 spiro atoms. The molecule has 4 unspecified atom stereocenters. The van der Waals surface area contributed by atoms with Crippen molar-refractivity contribution < 1.29 is 24.3 Å². The predicted molar refractivity (Wildman–Crippen MR) is 132 cm³/mol. The van der Waals surface area contributed by atoms with E-state index in [4.69, 9.17) is 22.3 Å². The quantitative estimate of drug-likeness (QED) is 0.0898. The van der Waals surface area contributed by atoms with Crippen molar-refractivity contribution in [1.29, 1.82) is 0 Å². The van der Waals surface area contributed by atoms with Gasteiger partial charge in [-0.05, 0) is 24.3 Å². The van der Waals surface area contributed by atoms with Gasteiger partial charge in [-0.15, -0.1) is 0 Å². The van der Waals surface area contributed by atoms with Gasteiger partial charge in [-0.25, -0.2) is 0 Å². The summed E-state index contributed by atoms with van der Waals surface area (Å²) in [4.78, 5) is 53.2. The van der Waals surface area contributed by atoms with Crippen molar-refractivity contribution in [3.8, 4) is 0 Å². The van der Waals surface area contributed by atoms with Crippen LogP contribution in [0.1, 0.15) is 38.7 Å². The summed E-state index contributed by atoms with van der Waals surface area (Å²) in [6, 6.07) is 6.20. The zero-order valence-corrected chi connectivity index (χ0v) is 20.2. The number of carbonyl (C=O) groups is 4. The Hall–Kier alpha value is -3.67. The first-order valence-electron chi connectivity index (χ1n) is 11.5. The number of nitrogens with two attached hydrogens (primary N) is 3. The van der Waals surface area contributed by atoms with Crippen LogP contribution in [0.2, 0.25) is 0 Å². The molecule has 12 nitrogen and oxygen atoms in total. The number of nitrogens with zero attached hydrogens (tertiary/aromatic N) is 1. The van der Waals surface area contributed by atoms with Crippen LogP contribution in [0.4, 0.5) is 0 Å². The molecule has 0 saturated carbocycles. The lowest BCUT2D eigenvalue weighted by molar-refractivity contribution is -0.138. The Morgan fingerprint density at radius 3 is 2.20 bits per heavy atom. The van der Waals surface area contributed by atoms with Crippen molar-refractivity contribution in [2.45, 2.75) is 57.7 Å². The second-order valence-corrected chi connectivity index (χ2v) is 8.28. The van der Waals surface area contributed by atoms with Gasteiger partial charge in [0.2, 0.25) is 17.7 Å². The van der Waals surface area contributed by atoms with Crippen LogP contribution in [0.3, 0.4) is 0 Å². The second-order valence-electron chi connectivity index (χ2n) is 8.28. The fraction of sp³-hybridized carbons (Fsp3) is 0.522. The molecule has 35 heavy (non-hydrogen) atoms. The largest absolute Gasteiger partial charge is 0.480 e. The van der Waals surface area contributed by atoms with Gasteiger partial charge >= 0.3 is 5.97 Å². The Balaban J connectivity index is 3.04. The monoisotopic (exact) mass is 491 g/mol. The third kappa shape index (κ3) is 11.3. The molecule has 0 aromatic heterocycles. The second kappa shape index (κ2) is 15.3. The van der Waals surface area contributed by atoms with E-state index in [1.165, 1.54) is 0 Å². The average molecular weight is 492 g/mol. The van der Waals surface area contributed by atoms with Crippen molar-refractivity contribution in [3.63, 3.8) is 0 Å². The van der Waals surface area contributed by atoms with Gasteiger partial charge in [-0.1, -0.05) is 50.6 Å². The van der Waals surface area contributed by atoms with Crippen molar-refractivity contribution in [2.75, 3.05) is 13.1 Å². The van der Waals surface area contributed by atoms with Gasteiger partial charge in [0.05, 0.1) is 6.04 Å². The van der Waals surface area contributed by atoms with Gasteiger partial charge < -0.3 is 38.3 Å². The number of nitrogens with one attached hydrogen (secondary N) is 3. The number of benzene rings is 1. The van der Waals surface area contributed by atoms with Gasteiger partial charge in [0.15, 0.2) is 5.96 Å². The Morgan fingerprint density at radius 2 is 1.63 bits per heavy atom. The normalized spacial score (nSPS) is 14.0. The number of guanidine groups is 1. The smallest absolute Gasteiger partial charge is 0.322 e. The van der Waals surface area contributed by atoms with Crippen LogP contribution >= 0.6 is 0 Å². The maximum atomic E-state index is 13.2. The summed E-state index contributed by atoms with van der Waals surface area (Å²) in [5.74, 6) is -3.18. The van der Waals surface area contributed by atoms with Crippen LogP contribution in [-0.2, 0) is 25.6 Å². The van der Waals surface area contributed by atoms with Crippen molar-refractivity contribution in [2.24, 2.45) is 28.1 Å². The topological polar surface area (TPSA) is 215 Å². The van der Waals surface area contributed by atoms with E-state index in [1.807, 2.05) is 44.2 Å². The molecule has 0 bridgehead atoms. The maximum Gasteiger partial charge on any atom is 0.322 e. The Labute approximate surface area is 205 Å². The van der Waals surface area contributed by atoms with E-state index < -0.39 is 48.4 Å². The minimum absolute atomic E-state index is 0.0967. The van der Waals surface area contributed by atoms with Crippen LogP contribution in [0.25, 0.3) is 0 Å². The number of aliphatic imine (C=N–C) groups is 1. The molecule has 0 aliphatic heterocycles. The van der Waals surface area contributed by atoms with Crippen LogP contribution in [-0.4, -0.2) is 66.0 Å². The molecule has 0 radical (unpaired) electrons. The molecular formula is C23H37N7O5. The van der Waals surface area contributed by atoms with Gasteiger partial charge in [0.1, 0.15) is 18.6 Å². The number of carboxylic acids is 1. The molecule has 0 aliphatic carbocycles. The number of hydrogen-bond acceptors (Lipinski definition) is 6. The number of hydrogen-bond donors (Lipinski definition) is 7. The van der Waals surface area contributed by atoms with E-state index in [1.54, 1.807) is 0 Å². The lowest BCUT2D eigenvalue weighted by Gasteiger charge is -2.25. The van der Waals surface area contributed by atoms with E-state index >= 15 is 0 Å². The van der Waals surface area contributed by atoms with Crippen molar-refractivity contribution >= 4 is 29.7 Å². The fourth-order valence-electron chi connectivity index (χ4n) is 3.17. The summed E-state index contributed by atoms with van der Waals surface area (Å²) in [7, 11) is 0. The highest BCUT2D eigenvalue weighted by Gasteiger charge is 2.29. The van der Waals surface area contributed by atoms with E-state index in [2.05, 4.69) is 20.9 Å². The van der Waals surface area contributed by atoms with Crippen LogP contribution < -0.4 is 33.2 Å². The molecule has 1 aromatic carbocycles. The summed E-state index contributed by atoms with van der Waals surface area (Å²) in [5, 5.41) is 16.5. The Morgan fingerprint density at radius 1 is 1.00 bits per heavy atom. The summed E-state index contributed by atoms with van der Waals surface area (Å²) in [6.07, 6.45) is 1.35. The first-order chi connectivity index (χ1) is 16.5. The maximum absolute atomic E-state index is 13.2. The third-order valence-corrected chi connectivity index (χ3v) is 5.47. The lowest BCUT2D eigenvalue weighted by atomic mass is 9.98. The molecule has 12 heteroatoms. The third-order valence-electron chi connectivity index (χ3n) is 5.47. The van der Waals surface area contributed by atoms with Crippen LogP contribution in [0.5, 0.6) is 0 Å². The molecule has 1 rings (SSSR count). The zero-order chi connectivity index (χ0) is 26.4. The molecule has 0 fully saturated rings. The van der Waals surface area contributed by atoms with E-state index in [-0.39, 0.29) is 31.3 Å². The summed E-state index contributed by atoms with van der Waals surface area (Å²) in [5.41, 5.74) is 17.5. The van der Waals surface area contributed by atoms with E-state index in [9.17, 15) is 19.2 Å². The molecule has 194 valence electrons. The molecule has 0 aliphatic rings. The number of aliphatic carboxylic acids is 1. The number of carbonyl (C=O) groups excluding carboxylic acids is 3. The molecule has 3 amide bonds. The number of carboxylic acid groups (broad SMARTS) is 1. The standard InChI is InChI=1S/C23H37N7O5/c1-3-14(2)19(24)22(35)30-17(12-15-8-5-4-6-9-15)21(34)29-16(10-7-11-27-23(25)26)20(33)28-13-18(31)32/h4-6,8-9,14,16-17,19H,3,7,10-13,24H2,1-2H3,(H,28,33)(H,29,34)(H,30,35)(H,31,32)(H4,25,26,27). The van der Waals surface area contributed by atoms with Crippen molar-refractivity contribution in [3.05, 3.63) is 35.9 Å². The predicted octanol–water partition coefficient (Wildman–Crippen LogP) is -1.17. The number of rotatable bonds is 15. The first kappa shape index (κ1) is 29.4. The molecular weight excluding hydrogens is 454 g/mol. The molecule has 4 atom stereocenters. The molecule has 0 heterocycles. The fourth-order valence-corrected chi connectivity index (χ4v) is 3.17. The van der Waals surface area contributed by atoms with Gasteiger partial charge in [-0.3, -0.25) is 24.2 Å². The highest BCUT2D eigenvalue weighted by atomic mass is 16.4. The highest BCUT2D eigenvalue weighted by Crippen LogP contribution is 2.09. The van der Waals surface area contributed by atoms with Gasteiger partial charge in [-0.2, -0.15) is 0 Å². The highest BCUT2D eigenvalue weighted by molar-refractivity contribution is 5.93.